The van der Waals surface area contributed by atoms with Gasteiger partial charge in [-0.1, -0.05) is 43.7 Å². The summed E-state index contributed by atoms with van der Waals surface area (Å²) in [5.74, 6) is 1.94. The molecule has 0 spiro atoms. The van der Waals surface area contributed by atoms with Gasteiger partial charge in [0.15, 0.2) is 0 Å². The molecule has 5 rings (SSSR count). The number of anilines is 2. The molecule has 10 nitrogen and oxygen atoms in total. The van der Waals surface area contributed by atoms with Gasteiger partial charge in [0.1, 0.15) is 35.4 Å². The molecule has 1 amide bonds. The quantitative estimate of drug-likeness (QED) is 0.146. The lowest BCUT2D eigenvalue weighted by molar-refractivity contribution is -0.127. The number of nitrogen functional groups attached to an aromatic ring is 1. The lowest BCUT2D eigenvalue weighted by Crippen LogP contribution is -2.30. The Balaban J connectivity index is 1.30. The number of imidazole rings is 1. The topological polar surface area (TPSA) is 120 Å². The number of hydrogen-bond acceptors (Lipinski definition) is 8. The van der Waals surface area contributed by atoms with Crippen molar-refractivity contribution in [3.05, 3.63) is 84.1 Å². The summed E-state index contributed by atoms with van der Waals surface area (Å²) in [5.41, 5.74) is 11.1. The fourth-order valence-corrected chi connectivity index (χ4v) is 5.23. The average Bonchev–Trinajstić information content (AvgIpc) is 3.62. The molecule has 1 saturated heterocycles. The number of aromatic nitrogens is 4. The fraction of sp³-hybridized carbons (Fsp3) is 0.355. The molecule has 41 heavy (non-hydrogen) atoms. The molecule has 10 heteroatoms. The number of amides is 1. The van der Waals surface area contributed by atoms with Gasteiger partial charge in [0.25, 0.3) is 0 Å². The summed E-state index contributed by atoms with van der Waals surface area (Å²) in [4.78, 5) is 28.5. The van der Waals surface area contributed by atoms with E-state index in [9.17, 15) is 4.79 Å². The van der Waals surface area contributed by atoms with Gasteiger partial charge in [-0.2, -0.15) is 0 Å². The van der Waals surface area contributed by atoms with Gasteiger partial charge < -0.3 is 25.4 Å². The Morgan fingerprint density at radius 1 is 1.17 bits per heavy atom. The second kappa shape index (κ2) is 13.4. The highest BCUT2D eigenvalue weighted by Crippen LogP contribution is 2.36. The molecule has 4 heterocycles. The molecule has 4 aromatic rings. The summed E-state index contributed by atoms with van der Waals surface area (Å²) in [6.45, 7) is 4.05. The second-order valence-corrected chi connectivity index (χ2v) is 10.1. The number of rotatable bonds is 12. The molecule has 0 saturated carbocycles. The van der Waals surface area contributed by atoms with Crippen LogP contribution in [0, 0.1) is 0 Å². The number of carbonyl (C=O) groups excluding carboxylic acids is 1. The number of pyridine rings is 1. The number of nitrogens with one attached hydrogen (secondary N) is 1. The summed E-state index contributed by atoms with van der Waals surface area (Å²) in [5, 5.41) is 3.23. The van der Waals surface area contributed by atoms with Gasteiger partial charge >= 0.3 is 0 Å². The third-order valence-electron chi connectivity index (χ3n) is 7.18. The van der Waals surface area contributed by atoms with Gasteiger partial charge in [0.2, 0.25) is 5.91 Å². The molecule has 1 fully saturated rings. The third-order valence-corrected chi connectivity index (χ3v) is 7.18. The Morgan fingerprint density at radius 3 is 2.83 bits per heavy atom. The van der Waals surface area contributed by atoms with Crippen molar-refractivity contribution in [2.75, 3.05) is 38.0 Å². The highest BCUT2D eigenvalue weighted by Gasteiger charge is 2.33. The number of aryl methyl sites for hydroxylation is 1. The Bertz CT molecular complexity index is 1500. The maximum Gasteiger partial charge on any atom is 0.246 e. The first-order chi connectivity index (χ1) is 20.1. The summed E-state index contributed by atoms with van der Waals surface area (Å²) >= 11 is 0. The van der Waals surface area contributed by atoms with E-state index in [1.807, 2.05) is 52.0 Å². The van der Waals surface area contributed by atoms with Crippen LogP contribution in [0.3, 0.4) is 0 Å². The Labute approximate surface area is 240 Å². The number of nitrogens with two attached hydrogens (primary N) is 1. The van der Waals surface area contributed by atoms with Crippen LogP contribution in [0.5, 0.6) is 0 Å². The van der Waals surface area contributed by atoms with Crippen LogP contribution in [0.25, 0.3) is 16.8 Å². The molecule has 1 aliphatic heterocycles. The minimum atomic E-state index is -0.157. The molecule has 3 N–H and O–H groups in total. The number of methoxy groups -OCH3 is 1. The number of fused-ring (bicyclic) bond motifs is 1. The number of benzene rings is 1. The first-order valence-electron chi connectivity index (χ1n) is 14.0. The van der Waals surface area contributed by atoms with Gasteiger partial charge in [-0.15, -0.1) is 0 Å². The maximum absolute atomic E-state index is 12.9. The smallest absolute Gasteiger partial charge is 0.246 e. The largest absolute Gasteiger partial charge is 0.382 e. The van der Waals surface area contributed by atoms with E-state index < -0.39 is 0 Å². The number of ether oxygens (including phenoxy) is 2. The number of carbonyl (C=O) groups is 1. The van der Waals surface area contributed by atoms with E-state index in [0.717, 1.165) is 59.7 Å². The normalized spacial score (nSPS) is 15.3. The standard InChI is InChI=1S/C31H37N7O3/c1-3-6-22-13-14-33-26(19-22)35-21-41-20-23-9-11-24(12-10-23)28-29-30(32)34-15-17-38(29)31(36-28)25-7-4-16-37(25)27(39)8-5-18-40-2/h5,8-15,17,19,25H,3-4,6-7,16,18,20-21H2,1-2H3,(H2,32,34)(H,33,35)/b8-5+. The van der Waals surface area contributed by atoms with Gasteiger partial charge in [0.05, 0.1) is 19.3 Å². The van der Waals surface area contributed by atoms with E-state index in [4.69, 9.17) is 20.2 Å². The summed E-state index contributed by atoms with van der Waals surface area (Å²) in [6.07, 6.45) is 12.5. The van der Waals surface area contributed by atoms with E-state index in [-0.39, 0.29) is 11.9 Å². The predicted molar refractivity (Wildman–Crippen MR) is 159 cm³/mol. The first-order valence-corrected chi connectivity index (χ1v) is 14.0. The van der Waals surface area contributed by atoms with Crippen LogP contribution in [-0.2, 0) is 27.3 Å². The van der Waals surface area contributed by atoms with Gasteiger partial charge in [-0.25, -0.2) is 15.0 Å². The van der Waals surface area contributed by atoms with Crippen LogP contribution in [-0.4, -0.2) is 57.2 Å². The number of nitrogens with zero attached hydrogens (tertiary/aromatic N) is 5. The molecular weight excluding hydrogens is 518 g/mol. The fourth-order valence-electron chi connectivity index (χ4n) is 5.23. The molecule has 1 aromatic carbocycles. The third kappa shape index (κ3) is 6.55. The summed E-state index contributed by atoms with van der Waals surface area (Å²) in [7, 11) is 1.60. The summed E-state index contributed by atoms with van der Waals surface area (Å²) < 4.78 is 12.9. The molecule has 1 atom stereocenters. The van der Waals surface area contributed by atoms with Crippen LogP contribution in [0.4, 0.5) is 11.6 Å². The average molecular weight is 556 g/mol. The molecule has 3 aromatic heterocycles. The minimum Gasteiger partial charge on any atom is -0.382 e. The summed E-state index contributed by atoms with van der Waals surface area (Å²) in [6, 6.07) is 12.0. The van der Waals surface area contributed by atoms with Crippen LogP contribution in [0.1, 0.15) is 49.2 Å². The van der Waals surface area contributed by atoms with Gasteiger partial charge in [-0.3, -0.25) is 9.20 Å². The predicted octanol–water partition coefficient (Wildman–Crippen LogP) is 4.78. The Kier molecular flexibility index (Phi) is 9.22. The van der Waals surface area contributed by atoms with Crippen LogP contribution >= 0.6 is 0 Å². The minimum absolute atomic E-state index is 0.0480. The van der Waals surface area contributed by atoms with Crippen molar-refractivity contribution < 1.29 is 14.3 Å². The Morgan fingerprint density at radius 2 is 2.02 bits per heavy atom. The molecule has 1 unspecified atom stereocenters. The van der Waals surface area contributed by atoms with Crippen molar-refractivity contribution in [2.24, 2.45) is 0 Å². The maximum atomic E-state index is 12.9. The SMILES string of the molecule is CCCc1ccnc(NCOCc2ccc(-c3nc(C4CCCN4C(=O)/C=C/COC)n4ccnc(N)c34)cc2)c1. The number of hydrogen-bond donors (Lipinski definition) is 2. The molecular formula is C31H37N7O3. The van der Waals surface area contributed by atoms with Gasteiger partial charge in [-0.05, 0) is 42.5 Å². The first kappa shape index (κ1) is 28.3. The number of likely N-dealkylation sites (tertiary alicyclic amines) is 1. The lowest BCUT2D eigenvalue weighted by atomic mass is 10.1. The van der Waals surface area contributed by atoms with E-state index >= 15 is 0 Å². The molecule has 0 bridgehead atoms. The van der Waals surface area contributed by atoms with E-state index in [1.54, 1.807) is 25.5 Å². The molecule has 0 aliphatic carbocycles. The van der Waals surface area contributed by atoms with Crippen molar-refractivity contribution in [2.45, 2.75) is 45.3 Å². The van der Waals surface area contributed by atoms with E-state index in [0.29, 0.717) is 32.3 Å². The van der Waals surface area contributed by atoms with Crippen LogP contribution < -0.4 is 11.1 Å². The van der Waals surface area contributed by atoms with Crippen molar-refractivity contribution in [1.82, 2.24) is 24.3 Å². The van der Waals surface area contributed by atoms with Crippen LogP contribution in [0.2, 0.25) is 0 Å². The second-order valence-electron chi connectivity index (χ2n) is 10.1. The van der Waals surface area contributed by atoms with Crippen molar-refractivity contribution in [3.8, 4) is 11.3 Å². The van der Waals surface area contributed by atoms with Crippen molar-refractivity contribution >= 4 is 23.1 Å². The zero-order valence-electron chi connectivity index (χ0n) is 23.6. The van der Waals surface area contributed by atoms with E-state index in [2.05, 4.69) is 28.3 Å². The van der Waals surface area contributed by atoms with Gasteiger partial charge in [0, 0.05) is 43.9 Å². The van der Waals surface area contributed by atoms with Crippen molar-refractivity contribution in [3.63, 3.8) is 0 Å². The van der Waals surface area contributed by atoms with Crippen molar-refractivity contribution in [1.29, 1.82) is 0 Å². The molecule has 1 aliphatic rings. The van der Waals surface area contributed by atoms with Crippen LogP contribution in [0.15, 0.2) is 67.1 Å². The Hall–Kier alpha value is -4.28. The van der Waals surface area contributed by atoms with E-state index in [1.165, 1.54) is 5.56 Å². The molecule has 214 valence electrons. The lowest BCUT2D eigenvalue weighted by Gasteiger charge is -2.22. The molecule has 0 radical (unpaired) electrons. The highest BCUT2D eigenvalue weighted by atomic mass is 16.5. The monoisotopic (exact) mass is 555 g/mol. The zero-order valence-corrected chi connectivity index (χ0v) is 23.6. The highest BCUT2D eigenvalue weighted by molar-refractivity contribution is 5.89. The zero-order chi connectivity index (χ0) is 28.6.